The van der Waals surface area contributed by atoms with Crippen molar-refractivity contribution in [3.05, 3.63) is 36.5 Å². The van der Waals surface area contributed by atoms with Crippen molar-refractivity contribution < 1.29 is 51.8 Å². The Labute approximate surface area is 511 Å². The van der Waals surface area contributed by atoms with Crippen LogP contribution in [0.1, 0.15) is 348 Å². The minimum absolute atomic E-state index is 0.256. The summed E-state index contributed by atoms with van der Waals surface area (Å²) in [4.78, 5) is 13.2. The van der Waals surface area contributed by atoms with Crippen molar-refractivity contribution in [1.29, 1.82) is 0 Å². The molecular weight excluding hydrogens is 1060 g/mol. The molecule has 1 fully saturated rings. The van der Waals surface area contributed by atoms with E-state index in [4.69, 9.17) is 9.47 Å². The minimum atomic E-state index is -5.09. The van der Waals surface area contributed by atoms with Gasteiger partial charge in [0.05, 0.1) is 25.4 Å². The number of hydrogen-bond donors (Lipinski definition) is 6. The molecule has 7 unspecified atom stereocenters. The van der Waals surface area contributed by atoms with Crippen molar-refractivity contribution in [3.63, 3.8) is 0 Å². The Bertz CT molecular complexity index is 1590. The van der Waals surface area contributed by atoms with Gasteiger partial charge in [0.25, 0.3) is 0 Å². The van der Waals surface area contributed by atoms with Gasteiger partial charge in [-0.1, -0.05) is 326 Å². The van der Waals surface area contributed by atoms with E-state index in [1.165, 1.54) is 276 Å². The molecule has 1 aliphatic heterocycles. The SMILES string of the molecule is CCCCCCCCCCC/C=C\C/C=C\CCCCCCCCCCCCCCCCCCCC(=O)NC(COC1OC(CO)C(O)C(OS(=O)(=O)O)C1O)C(O)/C=C/CCCCCCCCCCCCCCCCCCCCCCC. The van der Waals surface area contributed by atoms with Crippen LogP contribution in [0.4, 0.5) is 0 Å². The first-order valence-corrected chi connectivity index (χ1v) is 36.7. The fourth-order valence-electron chi connectivity index (χ4n) is 11.5. The smallest absolute Gasteiger partial charge is 0.394 e. The molecule has 13 heteroatoms. The standard InChI is InChI=1S/C70H133NO11S/c1-3-5-7-9-11-13-15-17-19-21-23-25-27-28-29-30-31-32-33-34-35-36-38-40-42-44-46-48-50-52-54-56-58-60-66(74)71-63(62-80-70-68(76)69(82-83(77,78)79)67(75)65(61-72)81-70)64(73)59-57-55-53-51-49-47-45-43-41-39-37-26-24-22-20-18-16-14-12-10-8-6-4-2/h23,25,28-29,57,59,63-65,67-70,72-73,75-76H,3-22,24,26-27,30-56,58,60-62H2,1-2H3,(H,71,74)(H,77,78,79)/b25-23-,29-28-,59-57+. The van der Waals surface area contributed by atoms with Gasteiger partial charge in [-0.15, -0.1) is 0 Å². The molecule has 490 valence electrons. The minimum Gasteiger partial charge on any atom is -0.394 e. The van der Waals surface area contributed by atoms with Gasteiger partial charge < -0.3 is 35.2 Å². The van der Waals surface area contributed by atoms with Crippen molar-refractivity contribution >= 4 is 16.3 Å². The number of amides is 1. The number of aliphatic hydroxyl groups is 4. The van der Waals surface area contributed by atoms with Gasteiger partial charge in [-0.25, -0.2) is 4.18 Å². The molecule has 0 aromatic rings. The first-order chi connectivity index (χ1) is 40.5. The highest BCUT2D eigenvalue weighted by molar-refractivity contribution is 7.80. The van der Waals surface area contributed by atoms with Gasteiger partial charge in [0, 0.05) is 6.42 Å². The van der Waals surface area contributed by atoms with E-state index >= 15 is 0 Å². The zero-order chi connectivity index (χ0) is 60.4. The van der Waals surface area contributed by atoms with Gasteiger partial charge >= 0.3 is 10.4 Å². The zero-order valence-electron chi connectivity index (χ0n) is 53.8. The summed E-state index contributed by atoms with van der Waals surface area (Å²) in [6.07, 6.45) is 69.3. The second kappa shape index (κ2) is 59.3. The molecule has 0 aliphatic carbocycles. The number of nitrogens with one attached hydrogen (secondary N) is 1. The molecule has 0 saturated carbocycles. The lowest BCUT2D eigenvalue weighted by atomic mass is 9.99. The topological polar surface area (TPSA) is 192 Å². The Morgan fingerprint density at radius 1 is 0.482 bits per heavy atom. The average Bonchev–Trinajstić information content (AvgIpc) is 3.56. The van der Waals surface area contributed by atoms with Crippen molar-refractivity contribution in [2.75, 3.05) is 13.2 Å². The summed E-state index contributed by atoms with van der Waals surface area (Å²) in [5.74, 6) is -0.256. The van der Waals surface area contributed by atoms with E-state index in [0.717, 1.165) is 44.9 Å². The van der Waals surface area contributed by atoms with Crippen molar-refractivity contribution in [1.82, 2.24) is 5.32 Å². The number of ether oxygens (including phenoxy) is 2. The first kappa shape index (κ1) is 79.3. The highest BCUT2D eigenvalue weighted by Gasteiger charge is 2.48. The van der Waals surface area contributed by atoms with Crippen molar-refractivity contribution in [2.45, 2.75) is 391 Å². The maximum Gasteiger partial charge on any atom is 0.397 e. The highest BCUT2D eigenvalue weighted by atomic mass is 32.3. The van der Waals surface area contributed by atoms with Crippen LogP contribution in [0.2, 0.25) is 0 Å². The Morgan fingerprint density at radius 3 is 1.14 bits per heavy atom. The summed E-state index contributed by atoms with van der Waals surface area (Å²) in [6.45, 7) is 3.46. The summed E-state index contributed by atoms with van der Waals surface area (Å²) < 4.78 is 48.1. The highest BCUT2D eigenvalue weighted by Crippen LogP contribution is 2.26. The number of hydrogen-bond acceptors (Lipinski definition) is 10. The molecule has 1 rings (SSSR count). The van der Waals surface area contributed by atoms with Crippen LogP contribution in [0.5, 0.6) is 0 Å². The van der Waals surface area contributed by atoms with Crippen molar-refractivity contribution in [2.24, 2.45) is 0 Å². The lowest BCUT2D eigenvalue weighted by Gasteiger charge is -2.41. The normalized spacial score (nSPS) is 18.6. The quantitative estimate of drug-likeness (QED) is 0.0193. The second-order valence-electron chi connectivity index (χ2n) is 24.8. The number of aliphatic hydroxyl groups excluding tert-OH is 4. The number of carbonyl (C=O) groups excluding carboxylic acids is 1. The van der Waals surface area contributed by atoms with E-state index in [1.807, 2.05) is 6.08 Å². The van der Waals surface area contributed by atoms with E-state index in [-0.39, 0.29) is 18.9 Å². The molecule has 0 bridgehead atoms. The Morgan fingerprint density at radius 2 is 0.807 bits per heavy atom. The van der Waals surface area contributed by atoms with Crippen LogP contribution in [0.3, 0.4) is 0 Å². The second-order valence-corrected chi connectivity index (χ2v) is 25.9. The molecule has 1 aliphatic rings. The molecule has 12 nitrogen and oxygen atoms in total. The van der Waals surface area contributed by atoms with Crippen LogP contribution in [-0.4, -0.2) is 95.4 Å². The largest absolute Gasteiger partial charge is 0.397 e. The molecule has 83 heavy (non-hydrogen) atoms. The van der Waals surface area contributed by atoms with Gasteiger partial charge in [0.15, 0.2) is 6.29 Å². The number of unbranched alkanes of at least 4 members (excludes halogenated alkanes) is 47. The van der Waals surface area contributed by atoms with Gasteiger partial charge in [-0.3, -0.25) is 9.35 Å². The van der Waals surface area contributed by atoms with Crippen molar-refractivity contribution in [3.8, 4) is 0 Å². The van der Waals surface area contributed by atoms with Crippen LogP contribution >= 0.6 is 0 Å². The summed E-state index contributed by atoms with van der Waals surface area (Å²) in [5, 5.41) is 45.2. The third kappa shape index (κ3) is 51.0. The Balaban J connectivity index is 2.24. The Hall–Kier alpha value is -1.68. The van der Waals surface area contributed by atoms with E-state index in [0.29, 0.717) is 6.42 Å². The van der Waals surface area contributed by atoms with E-state index in [2.05, 4.69) is 47.7 Å². The fraction of sp³-hybridized carbons (Fsp3) is 0.900. The number of allylic oxidation sites excluding steroid dienone is 5. The molecule has 0 aromatic heterocycles. The van der Waals surface area contributed by atoms with Gasteiger partial charge in [0.2, 0.25) is 5.91 Å². The Kier molecular flexibility index (Phi) is 56.7. The zero-order valence-corrected chi connectivity index (χ0v) is 54.6. The molecular formula is C70H133NO11S. The lowest BCUT2D eigenvalue weighted by molar-refractivity contribution is -0.298. The fourth-order valence-corrected chi connectivity index (χ4v) is 12.0. The molecule has 6 N–H and O–H groups in total. The third-order valence-electron chi connectivity index (χ3n) is 16.9. The third-order valence-corrected chi connectivity index (χ3v) is 17.4. The maximum absolute atomic E-state index is 13.2. The summed E-state index contributed by atoms with van der Waals surface area (Å²) >= 11 is 0. The molecule has 1 saturated heterocycles. The van der Waals surface area contributed by atoms with E-state index < -0.39 is 59.9 Å². The number of rotatable bonds is 63. The molecule has 1 heterocycles. The summed E-state index contributed by atoms with van der Waals surface area (Å²) in [5.41, 5.74) is 0. The van der Waals surface area contributed by atoms with Gasteiger partial charge in [-0.05, 0) is 51.4 Å². The predicted molar refractivity (Wildman–Crippen MR) is 347 cm³/mol. The van der Waals surface area contributed by atoms with Gasteiger partial charge in [-0.2, -0.15) is 8.42 Å². The van der Waals surface area contributed by atoms with Crippen LogP contribution < -0.4 is 5.32 Å². The summed E-state index contributed by atoms with van der Waals surface area (Å²) in [6, 6.07) is -0.945. The number of carbonyl (C=O) groups is 1. The van der Waals surface area contributed by atoms with Gasteiger partial charge in [0.1, 0.15) is 24.4 Å². The first-order valence-electron chi connectivity index (χ1n) is 35.4. The van der Waals surface area contributed by atoms with Crippen LogP contribution in [0, 0.1) is 0 Å². The van der Waals surface area contributed by atoms with Crippen LogP contribution in [0.15, 0.2) is 36.5 Å². The molecule has 1 amide bonds. The molecule has 0 spiro atoms. The monoisotopic (exact) mass is 1200 g/mol. The molecule has 0 aromatic carbocycles. The van der Waals surface area contributed by atoms with Crippen LogP contribution in [0.25, 0.3) is 0 Å². The maximum atomic E-state index is 13.2. The van der Waals surface area contributed by atoms with Crippen LogP contribution in [-0.2, 0) is 28.9 Å². The van der Waals surface area contributed by atoms with E-state index in [9.17, 15) is 38.2 Å². The predicted octanol–water partition coefficient (Wildman–Crippen LogP) is 18.5. The lowest BCUT2D eigenvalue weighted by Crippen LogP contribution is -2.61. The molecule has 7 atom stereocenters. The molecule has 0 radical (unpaired) electrons. The van der Waals surface area contributed by atoms with E-state index in [1.54, 1.807) is 6.08 Å². The summed E-state index contributed by atoms with van der Waals surface area (Å²) in [7, 11) is -5.09. The average molecular weight is 1200 g/mol.